The molecule has 0 radical (unpaired) electrons. The Hall–Kier alpha value is -0.730. The lowest BCUT2D eigenvalue weighted by molar-refractivity contribution is -0.116. The maximum absolute atomic E-state index is 9.46. The van der Waals surface area contributed by atoms with Crippen molar-refractivity contribution in [2.75, 3.05) is 0 Å². The van der Waals surface area contributed by atoms with E-state index in [1.54, 1.807) is 0 Å². The molecule has 0 atom stereocenters. The topological polar surface area (TPSA) is 53.3 Å². The highest BCUT2D eigenvalue weighted by Crippen LogP contribution is 1.61. The SMILES string of the molecule is CC(=O)N=N. The number of carbonyl (C=O) groups excluding carboxylic acids is 1. The first-order valence-electron chi connectivity index (χ1n) is 1.15. The molecule has 0 unspecified atom stereocenters. The van der Waals surface area contributed by atoms with Crippen molar-refractivity contribution in [3.8, 4) is 0 Å². The van der Waals surface area contributed by atoms with Crippen LogP contribution >= 0.6 is 0 Å². The van der Waals surface area contributed by atoms with Crippen LogP contribution in [-0.2, 0) is 4.79 Å². The molecule has 28 valence electrons. The number of rotatable bonds is 0. The summed E-state index contributed by atoms with van der Waals surface area (Å²) in [6.45, 7) is 1.23. The average molecular weight is 72.1 g/mol. The van der Waals surface area contributed by atoms with Crippen LogP contribution in [0.3, 0.4) is 0 Å². The molecule has 0 aliphatic heterocycles. The van der Waals surface area contributed by atoms with Crippen LogP contribution in [0.4, 0.5) is 0 Å². The lowest BCUT2D eigenvalue weighted by atomic mass is 10.8. The van der Waals surface area contributed by atoms with Gasteiger partial charge >= 0.3 is 0 Å². The standard InChI is InChI=1S/C2H4N2O/c1-2(5)4-3/h3H,1H3. The van der Waals surface area contributed by atoms with Crippen molar-refractivity contribution in [2.24, 2.45) is 5.11 Å². The number of nitrogens with one attached hydrogen (secondary N) is 1. The number of amides is 1. The molecule has 0 rings (SSSR count). The van der Waals surface area contributed by atoms with E-state index >= 15 is 0 Å². The van der Waals surface area contributed by atoms with Gasteiger partial charge in [0.05, 0.1) is 0 Å². The number of hydrogen-bond acceptors (Lipinski definition) is 2. The molecule has 3 nitrogen and oxygen atoms in total. The summed E-state index contributed by atoms with van der Waals surface area (Å²) in [6.07, 6.45) is 0. The maximum Gasteiger partial charge on any atom is 0.260 e. The van der Waals surface area contributed by atoms with Crippen LogP contribution in [0.2, 0.25) is 0 Å². The van der Waals surface area contributed by atoms with Gasteiger partial charge in [0.25, 0.3) is 5.91 Å². The molecule has 0 heterocycles. The van der Waals surface area contributed by atoms with Gasteiger partial charge in [-0.25, -0.2) is 5.53 Å². The highest BCUT2D eigenvalue weighted by molar-refractivity contribution is 5.72. The predicted molar refractivity (Wildman–Crippen MR) is 15.8 cm³/mol. The first kappa shape index (κ1) is 4.27. The van der Waals surface area contributed by atoms with E-state index < -0.39 is 5.91 Å². The molecule has 0 aromatic rings. The molecular formula is C2H4N2O. The second-order valence-electron chi connectivity index (χ2n) is 0.631. The Morgan fingerprint density at radius 2 is 2.20 bits per heavy atom. The van der Waals surface area contributed by atoms with Crippen molar-refractivity contribution in [3.05, 3.63) is 0 Å². The molecule has 3 heteroatoms. The van der Waals surface area contributed by atoms with Crippen molar-refractivity contribution >= 4 is 5.91 Å². The zero-order valence-electron chi connectivity index (χ0n) is 2.86. The van der Waals surface area contributed by atoms with Gasteiger partial charge in [-0.15, -0.1) is 5.11 Å². The fourth-order valence-electron chi connectivity index (χ4n) is 0. The third-order valence-corrected chi connectivity index (χ3v) is 0.157. The van der Waals surface area contributed by atoms with Crippen LogP contribution < -0.4 is 0 Å². The monoisotopic (exact) mass is 72.0 g/mol. The number of carbonyl (C=O) groups is 1. The molecule has 0 saturated carbocycles. The Balaban J connectivity index is 3.20. The third kappa shape index (κ3) is 3.27. The second kappa shape index (κ2) is 1.58. The number of nitrogens with zero attached hydrogens (tertiary/aromatic N) is 1. The van der Waals surface area contributed by atoms with Gasteiger partial charge in [-0.05, 0) is 0 Å². The van der Waals surface area contributed by atoms with Gasteiger partial charge in [0, 0.05) is 6.92 Å². The van der Waals surface area contributed by atoms with E-state index in [9.17, 15) is 4.79 Å². The third-order valence-electron chi connectivity index (χ3n) is 0.157. The van der Waals surface area contributed by atoms with Gasteiger partial charge in [0.1, 0.15) is 0 Å². The predicted octanol–water partition coefficient (Wildman–Crippen LogP) is 0.564. The Bertz CT molecular complexity index is 58.7. The summed E-state index contributed by atoms with van der Waals surface area (Å²) in [6, 6.07) is 0. The highest BCUT2D eigenvalue weighted by atomic mass is 16.1. The summed E-state index contributed by atoms with van der Waals surface area (Å²) in [5.41, 5.74) is 5.93. The maximum atomic E-state index is 9.46. The summed E-state index contributed by atoms with van der Waals surface area (Å²) in [5.74, 6) is -0.454. The Morgan fingerprint density at radius 1 is 2.00 bits per heavy atom. The smallest absolute Gasteiger partial charge is 0.260 e. The molecular weight excluding hydrogens is 68.0 g/mol. The summed E-state index contributed by atoms with van der Waals surface area (Å²) < 4.78 is 0. The van der Waals surface area contributed by atoms with Crippen LogP contribution in [0.15, 0.2) is 5.11 Å². The molecule has 0 spiro atoms. The minimum absolute atomic E-state index is 0.454. The van der Waals surface area contributed by atoms with Gasteiger partial charge in [0.2, 0.25) is 0 Å². The largest absolute Gasteiger partial charge is 0.271 e. The van der Waals surface area contributed by atoms with E-state index in [1.165, 1.54) is 6.92 Å². The minimum atomic E-state index is -0.454. The molecule has 0 aliphatic carbocycles. The van der Waals surface area contributed by atoms with E-state index in [-0.39, 0.29) is 0 Å². The van der Waals surface area contributed by atoms with Crippen LogP contribution in [0.5, 0.6) is 0 Å². The first-order valence-corrected chi connectivity index (χ1v) is 1.15. The summed E-state index contributed by atoms with van der Waals surface area (Å²) in [4.78, 5) is 9.46. The van der Waals surface area contributed by atoms with Crippen LogP contribution in [0, 0.1) is 5.53 Å². The molecule has 0 saturated heterocycles. The summed E-state index contributed by atoms with van der Waals surface area (Å²) in [7, 11) is 0. The van der Waals surface area contributed by atoms with E-state index in [2.05, 4.69) is 5.11 Å². The van der Waals surface area contributed by atoms with Gasteiger partial charge in [-0.3, -0.25) is 4.79 Å². The van der Waals surface area contributed by atoms with Gasteiger partial charge in [-0.2, -0.15) is 0 Å². The Morgan fingerprint density at radius 3 is 2.20 bits per heavy atom. The lowest BCUT2D eigenvalue weighted by Gasteiger charge is -1.61. The van der Waals surface area contributed by atoms with Crippen LogP contribution in [-0.4, -0.2) is 5.91 Å². The number of hydrogen-bond donors (Lipinski definition) is 1. The van der Waals surface area contributed by atoms with Crippen molar-refractivity contribution in [1.29, 1.82) is 5.53 Å². The van der Waals surface area contributed by atoms with Gasteiger partial charge in [0.15, 0.2) is 0 Å². The zero-order chi connectivity index (χ0) is 4.28. The Kier molecular flexibility index (Phi) is 1.35. The van der Waals surface area contributed by atoms with Crippen molar-refractivity contribution in [2.45, 2.75) is 6.92 Å². The van der Waals surface area contributed by atoms with E-state index in [0.717, 1.165) is 0 Å². The molecule has 5 heavy (non-hydrogen) atoms. The van der Waals surface area contributed by atoms with Crippen molar-refractivity contribution < 1.29 is 4.79 Å². The Labute approximate surface area is 29.5 Å². The van der Waals surface area contributed by atoms with E-state index in [0.29, 0.717) is 0 Å². The molecule has 0 aromatic carbocycles. The van der Waals surface area contributed by atoms with E-state index in [4.69, 9.17) is 5.53 Å². The minimum Gasteiger partial charge on any atom is -0.271 e. The van der Waals surface area contributed by atoms with Crippen molar-refractivity contribution in [1.82, 2.24) is 0 Å². The van der Waals surface area contributed by atoms with Crippen molar-refractivity contribution in [3.63, 3.8) is 0 Å². The van der Waals surface area contributed by atoms with E-state index in [1.807, 2.05) is 0 Å². The van der Waals surface area contributed by atoms with Gasteiger partial charge < -0.3 is 0 Å². The second-order valence-corrected chi connectivity index (χ2v) is 0.631. The summed E-state index contributed by atoms with van der Waals surface area (Å²) in [5, 5.41) is 2.50. The normalized spacial score (nSPS) is 6.60. The molecule has 1 N–H and O–H groups in total. The zero-order valence-corrected chi connectivity index (χ0v) is 2.86. The van der Waals surface area contributed by atoms with Gasteiger partial charge in [-0.1, -0.05) is 0 Å². The van der Waals surface area contributed by atoms with Crippen LogP contribution in [0.25, 0.3) is 0 Å². The molecule has 0 aromatic heterocycles. The lowest BCUT2D eigenvalue weighted by Crippen LogP contribution is -1.73. The average Bonchev–Trinajstić information content (AvgIpc) is 1.38. The summed E-state index contributed by atoms with van der Waals surface area (Å²) >= 11 is 0. The molecule has 0 aliphatic rings. The quantitative estimate of drug-likeness (QED) is 0.418. The van der Waals surface area contributed by atoms with Crippen LogP contribution in [0.1, 0.15) is 6.92 Å². The fourth-order valence-corrected chi connectivity index (χ4v) is 0. The fraction of sp³-hybridized carbons (Fsp3) is 0.500. The molecule has 0 bridgehead atoms. The highest BCUT2D eigenvalue weighted by Gasteiger charge is 1.73. The molecule has 1 amide bonds. The molecule has 0 fully saturated rings. The first-order chi connectivity index (χ1) is 2.27.